The van der Waals surface area contributed by atoms with Crippen LogP contribution < -0.4 is 5.32 Å². The van der Waals surface area contributed by atoms with Crippen LogP contribution >= 0.6 is 0 Å². The van der Waals surface area contributed by atoms with Gasteiger partial charge in [-0.25, -0.2) is 17.2 Å². The molecule has 0 aromatic heterocycles. The molecule has 0 atom stereocenters. The standard InChI is InChI=1S/C17H18F2N2O2S/c18-13-4-6-17(7-5-13)24(22,23)21-10-8-15(9-11-21)20-16-3-1-2-14(19)12-16/h1-7,12,15,20H,8-11H2. The quantitative estimate of drug-likeness (QED) is 0.919. The molecule has 1 N–H and O–H groups in total. The van der Waals surface area contributed by atoms with E-state index in [0.717, 1.165) is 12.1 Å². The molecule has 1 aliphatic rings. The molecule has 1 aliphatic heterocycles. The summed E-state index contributed by atoms with van der Waals surface area (Å²) in [5.41, 5.74) is 0.690. The summed E-state index contributed by atoms with van der Waals surface area (Å²) >= 11 is 0. The molecule has 128 valence electrons. The second-order valence-corrected chi connectivity index (χ2v) is 7.72. The molecule has 0 spiro atoms. The van der Waals surface area contributed by atoms with Crippen LogP contribution in [0.1, 0.15) is 12.8 Å². The Hall–Kier alpha value is -1.99. The van der Waals surface area contributed by atoms with E-state index in [0.29, 0.717) is 31.6 Å². The van der Waals surface area contributed by atoms with E-state index in [1.807, 2.05) is 0 Å². The van der Waals surface area contributed by atoms with E-state index < -0.39 is 15.8 Å². The van der Waals surface area contributed by atoms with Crippen molar-refractivity contribution in [2.45, 2.75) is 23.8 Å². The minimum atomic E-state index is -3.60. The molecule has 0 unspecified atom stereocenters. The Balaban J connectivity index is 1.63. The van der Waals surface area contributed by atoms with Gasteiger partial charge in [0, 0.05) is 24.8 Å². The summed E-state index contributed by atoms with van der Waals surface area (Å²) in [6.07, 6.45) is 1.24. The summed E-state index contributed by atoms with van der Waals surface area (Å²) in [6.45, 7) is 0.736. The highest BCUT2D eigenvalue weighted by Gasteiger charge is 2.29. The first-order valence-corrected chi connectivity index (χ1v) is 9.17. The highest BCUT2D eigenvalue weighted by Crippen LogP contribution is 2.23. The zero-order valence-electron chi connectivity index (χ0n) is 13.0. The van der Waals surface area contributed by atoms with Crippen LogP contribution in [0.4, 0.5) is 14.5 Å². The molecule has 0 amide bonds. The fourth-order valence-electron chi connectivity index (χ4n) is 2.81. The van der Waals surface area contributed by atoms with E-state index in [9.17, 15) is 17.2 Å². The summed E-state index contributed by atoms with van der Waals surface area (Å²) in [7, 11) is -3.60. The third-order valence-electron chi connectivity index (χ3n) is 4.10. The summed E-state index contributed by atoms with van der Waals surface area (Å²) in [4.78, 5) is 0.0976. The van der Waals surface area contributed by atoms with Crippen LogP contribution in [0.2, 0.25) is 0 Å². The molecule has 0 radical (unpaired) electrons. The second kappa shape index (κ2) is 6.86. The van der Waals surface area contributed by atoms with Gasteiger partial charge in [0.15, 0.2) is 0 Å². The third-order valence-corrected chi connectivity index (χ3v) is 6.01. The van der Waals surface area contributed by atoms with Gasteiger partial charge in [0.2, 0.25) is 10.0 Å². The van der Waals surface area contributed by atoms with Gasteiger partial charge in [-0.15, -0.1) is 0 Å². The number of hydrogen-bond donors (Lipinski definition) is 1. The molecule has 24 heavy (non-hydrogen) atoms. The number of rotatable bonds is 4. The Kier molecular flexibility index (Phi) is 4.82. The highest BCUT2D eigenvalue weighted by atomic mass is 32.2. The van der Waals surface area contributed by atoms with Crippen molar-refractivity contribution in [2.75, 3.05) is 18.4 Å². The van der Waals surface area contributed by atoms with E-state index in [1.54, 1.807) is 12.1 Å². The molecule has 1 fully saturated rings. The van der Waals surface area contributed by atoms with Crippen molar-refractivity contribution < 1.29 is 17.2 Å². The minimum Gasteiger partial charge on any atom is -0.382 e. The first-order valence-electron chi connectivity index (χ1n) is 7.73. The van der Waals surface area contributed by atoms with Crippen molar-refractivity contribution in [3.63, 3.8) is 0 Å². The molecule has 7 heteroatoms. The van der Waals surface area contributed by atoms with Gasteiger partial charge >= 0.3 is 0 Å². The fourth-order valence-corrected chi connectivity index (χ4v) is 4.28. The largest absolute Gasteiger partial charge is 0.382 e. The van der Waals surface area contributed by atoms with Gasteiger partial charge in [0.25, 0.3) is 0 Å². The lowest BCUT2D eigenvalue weighted by atomic mass is 10.1. The smallest absolute Gasteiger partial charge is 0.243 e. The van der Waals surface area contributed by atoms with Gasteiger partial charge in [0.1, 0.15) is 11.6 Å². The number of anilines is 1. The SMILES string of the molecule is O=S(=O)(c1ccc(F)cc1)N1CCC(Nc2cccc(F)c2)CC1. The Bertz CT molecular complexity index is 802. The van der Waals surface area contributed by atoms with E-state index in [-0.39, 0.29) is 16.8 Å². The molecular formula is C17H18F2N2O2S. The fraction of sp³-hybridized carbons (Fsp3) is 0.294. The third kappa shape index (κ3) is 3.73. The topological polar surface area (TPSA) is 49.4 Å². The van der Waals surface area contributed by atoms with Gasteiger partial charge in [-0.2, -0.15) is 4.31 Å². The van der Waals surface area contributed by atoms with Gasteiger partial charge in [-0.05, 0) is 55.3 Å². The minimum absolute atomic E-state index is 0.0893. The maximum absolute atomic E-state index is 13.2. The van der Waals surface area contributed by atoms with Crippen LogP contribution in [0.15, 0.2) is 53.4 Å². The number of hydrogen-bond acceptors (Lipinski definition) is 3. The second-order valence-electron chi connectivity index (χ2n) is 5.79. The normalized spacial score (nSPS) is 16.9. The number of halogens is 2. The monoisotopic (exact) mass is 352 g/mol. The predicted octanol–water partition coefficient (Wildman–Crippen LogP) is 3.23. The molecular weight excluding hydrogens is 334 g/mol. The molecule has 1 saturated heterocycles. The Morgan fingerprint density at radius 2 is 1.62 bits per heavy atom. The molecule has 2 aromatic carbocycles. The first kappa shape index (κ1) is 16.9. The van der Waals surface area contributed by atoms with Crippen LogP contribution in [0.3, 0.4) is 0 Å². The van der Waals surface area contributed by atoms with Crippen molar-refractivity contribution in [3.05, 3.63) is 60.2 Å². The lowest BCUT2D eigenvalue weighted by Crippen LogP contribution is -2.42. The Morgan fingerprint density at radius 3 is 2.25 bits per heavy atom. The van der Waals surface area contributed by atoms with Crippen molar-refractivity contribution in [3.8, 4) is 0 Å². The van der Waals surface area contributed by atoms with Crippen LogP contribution in [-0.2, 0) is 10.0 Å². The molecule has 0 bridgehead atoms. The molecule has 0 saturated carbocycles. The molecule has 2 aromatic rings. The van der Waals surface area contributed by atoms with Crippen LogP contribution in [0.25, 0.3) is 0 Å². The van der Waals surface area contributed by atoms with E-state index in [2.05, 4.69) is 5.32 Å². The van der Waals surface area contributed by atoms with Crippen molar-refractivity contribution in [1.29, 1.82) is 0 Å². The molecule has 4 nitrogen and oxygen atoms in total. The number of nitrogens with one attached hydrogen (secondary N) is 1. The zero-order chi connectivity index (χ0) is 17.2. The van der Waals surface area contributed by atoms with Crippen LogP contribution in [-0.4, -0.2) is 31.9 Å². The highest BCUT2D eigenvalue weighted by molar-refractivity contribution is 7.89. The molecule has 1 heterocycles. The number of benzene rings is 2. The maximum Gasteiger partial charge on any atom is 0.243 e. The van der Waals surface area contributed by atoms with E-state index in [1.165, 1.54) is 28.6 Å². The number of piperidine rings is 1. The lowest BCUT2D eigenvalue weighted by molar-refractivity contribution is 0.329. The first-order chi connectivity index (χ1) is 11.4. The summed E-state index contributed by atoms with van der Waals surface area (Å²) in [5.74, 6) is -0.775. The predicted molar refractivity (Wildman–Crippen MR) is 88.2 cm³/mol. The van der Waals surface area contributed by atoms with Crippen molar-refractivity contribution in [1.82, 2.24) is 4.31 Å². The Labute approximate surface area is 140 Å². The van der Waals surface area contributed by atoms with Crippen molar-refractivity contribution in [2.24, 2.45) is 0 Å². The van der Waals surface area contributed by atoms with Gasteiger partial charge < -0.3 is 5.32 Å². The van der Waals surface area contributed by atoms with E-state index >= 15 is 0 Å². The van der Waals surface area contributed by atoms with Crippen LogP contribution in [0, 0.1) is 11.6 Å². The van der Waals surface area contributed by atoms with Gasteiger partial charge in [0.05, 0.1) is 4.90 Å². The van der Waals surface area contributed by atoms with Gasteiger partial charge in [-0.1, -0.05) is 6.07 Å². The number of sulfonamides is 1. The van der Waals surface area contributed by atoms with Gasteiger partial charge in [-0.3, -0.25) is 0 Å². The molecule has 3 rings (SSSR count). The lowest BCUT2D eigenvalue weighted by Gasteiger charge is -2.32. The average molecular weight is 352 g/mol. The number of nitrogens with zero attached hydrogens (tertiary/aromatic N) is 1. The Morgan fingerprint density at radius 1 is 0.958 bits per heavy atom. The van der Waals surface area contributed by atoms with Crippen molar-refractivity contribution >= 4 is 15.7 Å². The maximum atomic E-state index is 13.2. The van der Waals surface area contributed by atoms with Crippen LogP contribution in [0.5, 0.6) is 0 Å². The summed E-state index contributed by atoms with van der Waals surface area (Å²) in [6, 6.07) is 11.1. The average Bonchev–Trinajstić information content (AvgIpc) is 2.56. The summed E-state index contributed by atoms with van der Waals surface area (Å²) in [5, 5.41) is 3.23. The molecule has 0 aliphatic carbocycles. The summed E-state index contributed by atoms with van der Waals surface area (Å²) < 4.78 is 52.7. The zero-order valence-corrected chi connectivity index (χ0v) is 13.8. The van der Waals surface area contributed by atoms with E-state index in [4.69, 9.17) is 0 Å².